The zero-order valence-corrected chi connectivity index (χ0v) is 25.9. The summed E-state index contributed by atoms with van der Waals surface area (Å²) in [5, 5.41) is 36.6. The Kier molecular flexibility index (Phi) is 6.93. The number of aliphatic carboxylic acids is 1. The molecule has 44 heavy (non-hydrogen) atoms. The maximum absolute atomic E-state index is 14.3. The van der Waals surface area contributed by atoms with Gasteiger partial charge in [-0.1, -0.05) is 31.2 Å². The molecule has 0 radical (unpaired) electrons. The summed E-state index contributed by atoms with van der Waals surface area (Å²) in [6.07, 6.45) is 7.88. The number of nitriles is 1. The van der Waals surface area contributed by atoms with Gasteiger partial charge in [-0.05, 0) is 116 Å². The van der Waals surface area contributed by atoms with Crippen molar-refractivity contribution in [2.75, 3.05) is 12.4 Å². The van der Waals surface area contributed by atoms with Crippen LogP contribution in [-0.4, -0.2) is 55.1 Å². The fourth-order valence-electron chi connectivity index (χ4n) is 10.7. The maximum Gasteiger partial charge on any atom is 0.337 e. The van der Waals surface area contributed by atoms with Crippen molar-refractivity contribution in [1.29, 1.82) is 5.26 Å². The van der Waals surface area contributed by atoms with Crippen LogP contribution in [0.1, 0.15) is 70.1 Å². The van der Waals surface area contributed by atoms with Gasteiger partial charge in [-0.3, -0.25) is 4.79 Å². The molecular formula is C34H38FN3O5S. The van der Waals surface area contributed by atoms with Gasteiger partial charge in [0.15, 0.2) is 10.7 Å². The molecule has 2 heterocycles. The number of carbonyl (C=O) groups excluding carboxylic acids is 1. The number of carboxylic acids is 1. The van der Waals surface area contributed by atoms with Crippen LogP contribution in [0.15, 0.2) is 36.0 Å². The fraction of sp³-hybridized carbons (Fsp3) is 0.588. The summed E-state index contributed by atoms with van der Waals surface area (Å²) in [5.41, 5.74) is -0.0159. The van der Waals surface area contributed by atoms with Crippen LogP contribution < -0.4 is 0 Å². The van der Waals surface area contributed by atoms with Crippen LogP contribution in [0.5, 0.6) is 0 Å². The average molecular weight is 620 g/mol. The third kappa shape index (κ3) is 3.78. The van der Waals surface area contributed by atoms with E-state index in [4.69, 9.17) is 4.74 Å². The third-order valence-electron chi connectivity index (χ3n) is 12.4. The van der Waals surface area contributed by atoms with Gasteiger partial charge in [0.2, 0.25) is 0 Å². The standard InChI is InChI=1S/C34H38FN3O5S/c1-31-17-20-19-37-38(23-7-5-22(35)6-8-23)26(20)16-21(31)4-9-24-25-10-12-33(30(42)44-15-13-36,32(25,2)18-27(39)28(24)31)34(29(40)41)11-3-14-43-34/h5-8,16,19,24-25,27-28,39H,3-4,9-12,14-15,17-18H2,1-2H3,(H,40,41)/t24-,25-,27-,28+,31-,32-,33+,34-/m0/s1. The Morgan fingerprint density at radius 2 is 2.00 bits per heavy atom. The molecule has 2 N–H and O–H groups in total. The molecule has 10 heteroatoms. The summed E-state index contributed by atoms with van der Waals surface area (Å²) >= 11 is 0.907. The van der Waals surface area contributed by atoms with E-state index in [2.05, 4.69) is 18.1 Å². The molecule has 2 aromatic rings. The van der Waals surface area contributed by atoms with Gasteiger partial charge in [0.25, 0.3) is 0 Å². The van der Waals surface area contributed by atoms with Crippen LogP contribution in [0.3, 0.4) is 0 Å². The third-order valence-corrected chi connectivity index (χ3v) is 13.2. The Morgan fingerprint density at radius 3 is 2.68 bits per heavy atom. The van der Waals surface area contributed by atoms with Crippen molar-refractivity contribution in [2.24, 2.45) is 34.0 Å². The molecule has 4 fully saturated rings. The van der Waals surface area contributed by atoms with E-state index in [1.165, 1.54) is 17.7 Å². The first-order valence-corrected chi connectivity index (χ1v) is 16.6. The second-order valence-corrected chi connectivity index (χ2v) is 14.9. The number of aliphatic hydroxyl groups excluding tert-OH is 1. The van der Waals surface area contributed by atoms with Gasteiger partial charge in [0, 0.05) is 6.61 Å². The number of thioether (sulfide) groups is 1. The number of hydrogen-bond donors (Lipinski definition) is 2. The van der Waals surface area contributed by atoms with Crippen molar-refractivity contribution < 1.29 is 28.9 Å². The Bertz CT molecular complexity index is 1590. The summed E-state index contributed by atoms with van der Waals surface area (Å²) in [6, 6.07) is 8.35. The number of allylic oxidation sites excluding steroid dienone is 1. The van der Waals surface area contributed by atoms with Crippen molar-refractivity contribution in [1.82, 2.24) is 9.78 Å². The molecule has 232 valence electrons. The summed E-state index contributed by atoms with van der Waals surface area (Å²) in [5.74, 6) is -1.39. The first kappa shape index (κ1) is 29.7. The van der Waals surface area contributed by atoms with Gasteiger partial charge in [0.05, 0.1) is 40.9 Å². The minimum atomic E-state index is -1.67. The average Bonchev–Trinajstić information content (AvgIpc) is 3.71. The maximum atomic E-state index is 14.3. The van der Waals surface area contributed by atoms with Crippen molar-refractivity contribution in [3.63, 3.8) is 0 Å². The van der Waals surface area contributed by atoms with E-state index in [1.54, 1.807) is 12.1 Å². The number of hydrogen-bond acceptors (Lipinski definition) is 7. The summed E-state index contributed by atoms with van der Waals surface area (Å²) in [7, 11) is 0. The number of fused-ring (bicyclic) bond motifs is 6. The summed E-state index contributed by atoms with van der Waals surface area (Å²) in [6.45, 7) is 4.55. The van der Waals surface area contributed by atoms with Crippen LogP contribution in [-0.2, 0) is 20.7 Å². The molecule has 8 atom stereocenters. The van der Waals surface area contributed by atoms with Gasteiger partial charge in [0.1, 0.15) is 5.82 Å². The van der Waals surface area contributed by atoms with E-state index >= 15 is 0 Å². The number of carboxylic acid groups (broad SMARTS) is 1. The minimum Gasteiger partial charge on any atom is -0.479 e. The lowest BCUT2D eigenvalue weighted by Gasteiger charge is -2.62. The molecule has 5 aliphatic rings. The molecule has 8 nitrogen and oxygen atoms in total. The number of nitrogens with zero attached hydrogens (tertiary/aromatic N) is 3. The predicted octanol–water partition coefficient (Wildman–Crippen LogP) is 5.57. The highest BCUT2D eigenvalue weighted by Gasteiger charge is 2.77. The molecule has 1 aromatic carbocycles. The number of aromatic nitrogens is 2. The predicted molar refractivity (Wildman–Crippen MR) is 162 cm³/mol. The van der Waals surface area contributed by atoms with Gasteiger partial charge in [-0.15, -0.1) is 0 Å². The molecule has 1 aromatic heterocycles. The first-order chi connectivity index (χ1) is 21.0. The summed E-state index contributed by atoms with van der Waals surface area (Å²) < 4.78 is 21.6. The molecule has 0 spiro atoms. The van der Waals surface area contributed by atoms with Crippen LogP contribution in [0.4, 0.5) is 4.39 Å². The smallest absolute Gasteiger partial charge is 0.337 e. The fourth-order valence-corrected chi connectivity index (χ4v) is 11.7. The minimum absolute atomic E-state index is 0.0321. The molecular weight excluding hydrogens is 581 g/mol. The number of halogens is 1. The molecule has 0 unspecified atom stereocenters. The normalized spacial score (nSPS) is 38.9. The van der Waals surface area contributed by atoms with E-state index in [1.807, 2.05) is 23.9 Å². The Balaban J connectivity index is 1.27. The van der Waals surface area contributed by atoms with Crippen molar-refractivity contribution in [2.45, 2.75) is 76.9 Å². The van der Waals surface area contributed by atoms with E-state index in [0.29, 0.717) is 32.1 Å². The highest BCUT2D eigenvalue weighted by molar-refractivity contribution is 8.13. The zero-order valence-electron chi connectivity index (χ0n) is 25.1. The largest absolute Gasteiger partial charge is 0.479 e. The lowest BCUT2D eigenvalue weighted by atomic mass is 9.43. The van der Waals surface area contributed by atoms with Gasteiger partial charge in [-0.25, -0.2) is 13.9 Å². The summed E-state index contributed by atoms with van der Waals surface area (Å²) in [4.78, 5) is 27.4. The number of benzene rings is 1. The Hall–Kier alpha value is -3.00. The number of rotatable bonds is 5. The highest BCUT2D eigenvalue weighted by Crippen LogP contribution is 2.74. The van der Waals surface area contributed by atoms with E-state index in [-0.39, 0.29) is 52.9 Å². The number of carbonyl (C=O) groups is 2. The van der Waals surface area contributed by atoms with Crippen LogP contribution in [0.25, 0.3) is 11.8 Å². The van der Waals surface area contributed by atoms with E-state index in [9.17, 15) is 29.5 Å². The molecule has 7 rings (SSSR count). The van der Waals surface area contributed by atoms with Gasteiger partial charge < -0.3 is 14.9 Å². The number of ether oxygens (including phenoxy) is 1. The SMILES string of the molecule is C[C@]12Cc3cnn(-c4ccc(F)cc4)c3C=C1CC[C@@H]1[C@@H]2[C@@H](O)C[C@@]2(C)[C@H]1CC[C@]2(C(=O)SCC#N)[C@@]1(C(=O)O)CCCO1. The Morgan fingerprint density at radius 1 is 1.23 bits per heavy atom. The van der Waals surface area contributed by atoms with Crippen molar-refractivity contribution in [3.05, 3.63) is 53.1 Å². The monoisotopic (exact) mass is 619 g/mol. The van der Waals surface area contributed by atoms with E-state index < -0.39 is 28.5 Å². The van der Waals surface area contributed by atoms with Crippen LogP contribution in [0.2, 0.25) is 0 Å². The highest BCUT2D eigenvalue weighted by atomic mass is 32.2. The molecule has 1 aliphatic heterocycles. The second kappa shape index (κ2) is 10.3. The lowest BCUT2D eigenvalue weighted by Crippen LogP contribution is -2.67. The first-order valence-electron chi connectivity index (χ1n) is 15.7. The lowest BCUT2D eigenvalue weighted by molar-refractivity contribution is -0.210. The molecule has 4 aliphatic carbocycles. The van der Waals surface area contributed by atoms with E-state index in [0.717, 1.165) is 41.5 Å². The van der Waals surface area contributed by atoms with Gasteiger partial charge >= 0.3 is 5.97 Å². The Labute approximate surface area is 260 Å². The zero-order chi connectivity index (χ0) is 31.1. The topological polar surface area (TPSA) is 125 Å². The molecule has 0 bridgehead atoms. The van der Waals surface area contributed by atoms with Crippen LogP contribution in [0, 0.1) is 51.1 Å². The van der Waals surface area contributed by atoms with Crippen molar-refractivity contribution >= 4 is 28.9 Å². The quantitative estimate of drug-likeness (QED) is 0.445. The second-order valence-electron chi connectivity index (χ2n) is 14.0. The van der Waals surface area contributed by atoms with Gasteiger partial charge in [-0.2, -0.15) is 10.4 Å². The molecule has 1 saturated heterocycles. The molecule has 3 saturated carbocycles. The van der Waals surface area contributed by atoms with Crippen molar-refractivity contribution in [3.8, 4) is 11.8 Å². The molecule has 0 amide bonds. The number of aliphatic hydroxyl groups is 1. The van der Waals surface area contributed by atoms with Crippen LogP contribution >= 0.6 is 11.8 Å².